The van der Waals surface area contributed by atoms with Crippen molar-refractivity contribution in [2.45, 2.75) is 55.8 Å². The number of amides is 1. The van der Waals surface area contributed by atoms with E-state index in [4.69, 9.17) is 0 Å². The Bertz CT molecular complexity index is 965. The number of carbonyl (C=O) groups is 2. The first-order valence-electron chi connectivity index (χ1n) is 9.44. The maximum absolute atomic E-state index is 13.6. The monoisotopic (exact) mass is 399 g/mol. The first kappa shape index (κ1) is 20.3. The number of carbonyl (C=O) groups excluding carboxylic acids is 2. The van der Waals surface area contributed by atoms with Gasteiger partial charge in [0.1, 0.15) is 5.25 Å². The Kier molecular flexibility index (Phi) is 5.70. The lowest BCUT2D eigenvalue weighted by molar-refractivity contribution is -0.130. The van der Waals surface area contributed by atoms with Crippen molar-refractivity contribution >= 4 is 21.5 Å². The molecule has 0 aliphatic carbocycles. The van der Waals surface area contributed by atoms with Crippen LogP contribution >= 0.6 is 0 Å². The number of sulfone groups is 1. The van der Waals surface area contributed by atoms with Crippen molar-refractivity contribution in [1.82, 2.24) is 4.90 Å². The summed E-state index contributed by atoms with van der Waals surface area (Å²) in [4.78, 5) is 27.5. The zero-order valence-electron chi connectivity index (χ0n) is 16.3. The van der Waals surface area contributed by atoms with E-state index in [1.807, 2.05) is 20.8 Å². The van der Waals surface area contributed by atoms with Gasteiger partial charge in [-0.1, -0.05) is 48.0 Å². The minimum Gasteiger partial charge on any atom is -0.335 e. The van der Waals surface area contributed by atoms with Gasteiger partial charge in [0.05, 0.1) is 10.9 Å². The second-order valence-electron chi connectivity index (χ2n) is 7.51. The van der Waals surface area contributed by atoms with Gasteiger partial charge >= 0.3 is 0 Å². The molecule has 1 unspecified atom stereocenters. The Morgan fingerprint density at radius 1 is 1.04 bits per heavy atom. The largest absolute Gasteiger partial charge is 0.335 e. The van der Waals surface area contributed by atoms with E-state index in [2.05, 4.69) is 0 Å². The van der Waals surface area contributed by atoms with Crippen LogP contribution in [0.5, 0.6) is 0 Å². The lowest BCUT2D eigenvalue weighted by atomic mass is 10.0. The Hall–Kier alpha value is -2.47. The fourth-order valence-electron chi connectivity index (χ4n) is 3.86. The topological polar surface area (TPSA) is 71.5 Å². The van der Waals surface area contributed by atoms with Crippen LogP contribution in [0.3, 0.4) is 0 Å². The molecule has 0 saturated carbocycles. The van der Waals surface area contributed by atoms with Gasteiger partial charge in [0, 0.05) is 18.0 Å². The molecular formula is C22H25NO4S. The van der Waals surface area contributed by atoms with Crippen LogP contribution in [-0.4, -0.2) is 42.3 Å². The molecule has 0 spiro atoms. The van der Waals surface area contributed by atoms with Crippen LogP contribution in [0.15, 0.2) is 59.5 Å². The number of likely N-dealkylation sites (tertiary alicyclic amines) is 1. The molecule has 6 heteroatoms. The van der Waals surface area contributed by atoms with Crippen molar-refractivity contribution in [3.05, 3.63) is 65.7 Å². The van der Waals surface area contributed by atoms with Gasteiger partial charge in [0.15, 0.2) is 15.6 Å². The van der Waals surface area contributed by atoms with E-state index >= 15 is 0 Å². The van der Waals surface area contributed by atoms with E-state index in [1.165, 1.54) is 12.1 Å². The third-order valence-electron chi connectivity index (χ3n) is 5.21. The third-order valence-corrected chi connectivity index (χ3v) is 7.33. The van der Waals surface area contributed by atoms with E-state index in [1.54, 1.807) is 47.4 Å². The Morgan fingerprint density at radius 3 is 2.21 bits per heavy atom. The highest BCUT2D eigenvalue weighted by atomic mass is 32.2. The highest BCUT2D eigenvalue weighted by molar-refractivity contribution is 7.93. The van der Waals surface area contributed by atoms with Crippen molar-refractivity contribution in [2.75, 3.05) is 0 Å². The molecule has 1 aliphatic heterocycles. The molecule has 1 saturated heterocycles. The molecule has 0 radical (unpaired) electrons. The smallest absolute Gasteiger partial charge is 0.223 e. The van der Waals surface area contributed by atoms with Crippen molar-refractivity contribution in [2.24, 2.45) is 0 Å². The summed E-state index contributed by atoms with van der Waals surface area (Å²) in [6.45, 7) is 5.57. The Balaban J connectivity index is 2.13. The summed E-state index contributed by atoms with van der Waals surface area (Å²) in [7, 11) is -3.98. The summed E-state index contributed by atoms with van der Waals surface area (Å²) in [5.41, 5.74) is 1.27. The molecular weight excluding hydrogens is 374 g/mol. The normalized spacial score (nSPS) is 18.5. The number of rotatable bonds is 6. The summed E-state index contributed by atoms with van der Waals surface area (Å²) < 4.78 is 27.1. The third kappa shape index (κ3) is 3.74. The van der Waals surface area contributed by atoms with E-state index < -0.39 is 26.9 Å². The minimum atomic E-state index is -3.98. The molecule has 148 valence electrons. The SMILES string of the molecule is Cc1ccc(S(=O)(=O)[C@H](C(=O)c2ccccc2)C2CCC(=O)N2C(C)C)cc1. The van der Waals surface area contributed by atoms with Crippen molar-refractivity contribution in [3.63, 3.8) is 0 Å². The molecule has 2 aromatic rings. The number of hydrogen-bond donors (Lipinski definition) is 0. The maximum Gasteiger partial charge on any atom is 0.223 e. The maximum atomic E-state index is 13.6. The van der Waals surface area contributed by atoms with Crippen molar-refractivity contribution in [1.29, 1.82) is 0 Å². The molecule has 0 bridgehead atoms. The Morgan fingerprint density at radius 2 is 1.64 bits per heavy atom. The van der Waals surface area contributed by atoms with Gasteiger partial charge in [0.25, 0.3) is 0 Å². The molecule has 0 N–H and O–H groups in total. The lowest BCUT2D eigenvalue weighted by Gasteiger charge is -2.33. The molecule has 2 aromatic carbocycles. The predicted molar refractivity (Wildman–Crippen MR) is 108 cm³/mol. The molecule has 2 atom stereocenters. The van der Waals surface area contributed by atoms with Gasteiger partial charge < -0.3 is 4.90 Å². The summed E-state index contributed by atoms with van der Waals surface area (Å²) in [5, 5.41) is -1.33. The number of nitrogens with zero attached hydrogens (tertiary/aromatic N) is 1. The first-order chi connectivity index (χ1) is 13.2. The molecule has 1 aliphatic rings. The van der Waals surface area contributed by atoms with Crippen LogP contribution in [-0.2, 0) is 14.6 Å². The van der Waals surface area contributed by atoms with Gasteiger partial charge in [-0.05, 0) is 39.3 Å². The summed E-state index contributed by atoms with van der Waals surface area (Å²) in [5.74, 6) is -0.573. The van der Waals surface area contributed by atoms with Crippen LogP contribution in [0.2, 0.25) is 0 Å². The standard InChI is InChI=1S/C22H25NO4S/c1-15(2)23-19(13-14-20(23)24)22(21(25)17-7-5-4-6-8-17)28(26,27)18-11-9-16(3)10-12-18/h4-12,15,19,22H,13-14H2,1-3H3/t19?,22-/m0/s1. The van der Waals surface area contributed by atoms with E-state index in [0.717, 1.165) is 5.56 Å². The van der Waals surface area contributed by atoms with Gasteiger partial charge in [-0.15, -0.1) is 0 Å². The molecule has 28 heavy (non-hydrogen) atoms. The fourth-order valence-corrected chi connectivity index (χ4v) is 5.76. The summed E-state index contributed by atoms with van der Waals surface area (Å²) >= 11 is 0. The number of aryl methyl sites for hydroxylation is 1. The molecule has 1 heterocycles. The average Bonchev–Trinajstić information content (AvgIpc) is 3.04. The van der Waals surface area contributed by atoms with Gasteiger partial charge in [-0.2, -0.15) is 0 Å². The van der Waals surface area contributed by atoms with E-state index in [0.29, 0.717) is 12.0 Å². The van der Waals surface area contributed by atoms with Crippen LogP contribution in [0.25, 0.3) is 0 Å². The van der Waals surface area contributed by atoms with Gasteiger partial charge in [-0.3, -0.25) is 9.59 Å². The van der Waals surface area contributed by atoms with Crippen LogP contribution in [0.4, 0.5) is 0 Å². The first-order valence-corrected chi connectivity index (χ1v) is 11.0. The summed E-state index contributed by atoms with van der Waals surface area (Å²) in [6.07, 6.45) is 0.607. The van der Waals surface area contributed by atoms with E-state index in [-0.39, 0.29) is 23.3 Å². The quantitative estimate of drug-likeness (QED) is 0.698. The highest BCUT2D eigenvalue weighted by Crippen LogP contribution is 2.32. The average molecular weight is 400 g/mol. The molecule has 0 aromatic heterocycles. The lowest BCUT2D eigenvalue weighted by Crippen LogP contribution is -2.51. The van der Waals surface area contributed by atoms with Crippen LogP contribution in [0, 0.1) is 6.92 Å². The van der Waals surface area contributed by atoms with Crippen molar-refractivity contribution in [3.8, 4) is 0 Å². The number of benzene rings is 2. The zero-order chi connectivity index (χ0) is 20.5. The predicted octanol–water partition coefficient (Wildman–Crippen LogP) is 3.42. The minimum absolute atomic E-state index is 0.107. The van der Waals surface area contributed by atoms with Crippen LogP contribution < -0.4 is 0 Å². The number of Topliss-reactive ketones (excluding diaryl/α,β-unsaturated/α-hetero) is 1. The zero-order valence-corrected chi connectivity index (χ0v) is 17.1. The fraction of sp³-hybridized carbons (Fsp3) is 0.364. The van der Waals surface area contributed by atoms with Crippen molar-refractivity contribution < 1.29 is 18.0 Å². The highest BCUT2D eigenvalue weighted by Gasteiger charge is 2.48. The van der Waals surface area contributed by atoms with E-state index in [9.17, 15) is 18.0 Å². The van der Waals surface area contributed by atoms with Crippen LogP contribution in [0.1, 0.15) is 42.6 Å². The molecule has 1 fully saturated rings. The molecule has 5 nitrogen and oxygen atoms in total. The van der Waals surface area contributed by atoms with Gasteiger partial charge in [-0.25, -0.2) is 8.42 Å². The van der Waals surface area contributed by atoms with Gasteiger partial charge in [0.2, 0.25) is 5.91 Å². The molecule has 1 amide bonds. The second kappa shape index (κ2) is 7.87. The Labute approximate surface area is 166 Å². The second-order valence-corrected chi connectivity index (χ2v) is 9.58. The number of hydrogen-bond acceptors (Lipinski definition) is 4. The number of ketones is 1. The molecule has 3 rings (SSSR count). The summed E-state index contributed by atoms with van der Waals surface area (Å²) in [6, 6.07) is 14.1.